The van der Waals surface area contributed by atoms with Gasteiger partial charge in [0.1, 0.15) is 11.3 Å². The molecule has 2 aromatic heterocycles. The Labute approximate surface area is 157 Å². The molecule has 0 saturated heterocycles. The van der Waals surface area contributed by atoms with Crippen LogP contribution in [0.1, 0.15) is 22.5 Å². The van der Waals surface area contributed by atoms with Crippen LogP contribution in [0.3, 0.4) is 0 Å². The Morgan fingerprint density at radius 2 is 1.74 bits per heavy atom. The molecule has 0 spiro atoms. The SMILES string of the molecule is Cc1ccc2c(CN(Cc3ccccc3)Cc3ccco3)cc(=O)oc2c1. The molecule has 0 bridgehead atoms. The van der Waals surface area contributed by atoms with E-state index >= 15 is 0 Å². The van der Waals surface area contributed by atoms with Crippen molar-refractivity contribution in [3.05, 3.63) is 106 Å². The molecule has 0 saturated carbocycles. The monoisotopic (exact) mass is 359 g/mol. The van der Waals surface area contributed by atoms with Crippen LogP contribution >= 0.6 is 0 Å². The fourth-order valence-corrected chi connectivity index (χ4v) is 3.34. The van der Waals surface area contributed by atoms with E-state index < -0.39 is 0 Å². The smallest absolute Gasteiger partial charge is 0.336 e. The van der Waals surface area contributed by atoms with Crippen LogP contribution in [0.4, 0.5) is 0 Å². The van der Waals surface area contributed by atoms with Gasteiger partial charge in [0.2, 0.25) is 0 Å². The second-order valence-electron chi connectivity index (χ2n) is 6.80. The minimum absolute atomic E-state index is 0.319. The predicted molar refractivity (Wildman–Crippen MR) is 105 cm³/mol. The second-order valence-corrected chi connectivity index (χ2v) is 6.80. The maximum atomic E-state index is 12.1. The zero-order chi connectivity index (χ0) is 18.6. The lowest BCUT2D eigenvalue weighted by Gasteiger charge is -2.22. The molecule has 0 radical (unpaired) electrons. The molecule has 0 fully saturated rings. The molecular formula is C23H21NO3. The molecule has 0 N–H and O–H groups in total. The Morgan fingerprint density at radius 3 is 2.52 bits per heavy atom. The van der Waals surface area contributed by atoms with Crippen LogP contribution in [-0.4, -0.2) is 4.90 Å². The number of benzene rings is 2. The molecule has 4 heteroatoms. The van der Waals surface area contributed by atoms with E-state index in [1.807, 2.05) is 55.5 Å². The largest absolute Gasteiger partial charge is 0.468 e. The van der Waals surface area contributed by atoms with Crippen LogP contribution in [0.5, 0.6) is 0 Å². The molecule has 2 aromatic carbocycles. The Balaban J connectivity index is 1.68. The van der Waals surface area contributed by atoms with Crippen LogP contribution in [-0.2, 0) is 19.6 Å². The fourth-order valence-electron chi connectivity index (χ4n) is 3.34. The van der Waals surface area contributed by atoms with Crippen molar-refractivity contribution in [3.63, 3.8) is 0 Å². The van der Waals surface area contributed by atoms with Crippen molar-refractivity contribution < 1.29 is 8.83 Å². The maximum Gasteiger partial charge on any atom is 0.336 e. The van der Waals surface area contributed by atoms with Gasteiger partial charge < -0.3 is 8.83 Å². The van der Waals surface area contributed by atoms with Crippen molar-refractivity contribution in [3.8, 4) is 0 Å². The van der Waals surface area contributed by atoms with E-state index in [9.17, 15) is 4.79 Å². The van der Waals surface area contributed by atoms with Crippen LogP contribution in [0.25, 0.3) is 11.0 Å². The number of furan rings is 1. The van der Waals surface area contributed by atoms with Gasteiger partial charge in [-0.05, 0) is 41.8 Å². The zero-order valence-corrected chi connectivity index (χ0v) is 15.2. The number of fused-ring (bicyclic) bond motifs is 1. The number of hydrogen-bond donors (Lipinski definition) is 0. The molecule has 0 aliphatic heterocycles. The lowest BCUT2D eigenvalue weighted by atomic mass is 10.1. The Morgan fingerprint density at radius 1 is 0.889 bits per heavy atom. The summed E-state index contributed by atoms with van der Waals surface area (Å²) in [5.74, 6) is 0.897. The summed E-state index contributed by atoms with van der Waals surface area (Å²) >= 11 is 0. The molecule has 4 aromatic rings. The molecule has 0 unspecified atom stereocenters. The average molecular weight is 359 g/mol. The molecule has 4 rings (SSSR count). The summed E-state index contributed by atoms with van der Waals surface area (Å²) in [6, 6.07) is 21.7. The van der Waals surface area contributed by atoms with Crippen molar-refractivity contribution in [2.45, 2.75) is 26.6 Å². The van der Waals surface area contributed by atoms with Crippen LogP contribution < -0.4 is 5.63 Å². The Hall–Kier alpha value is -3.11. The average Bonchev–Trinajstić information content (AvgIpc) is 3.15. The minimum atomic E-state index is -0.319. The lowest BCUT2D eigenvalue weighted by molar-refractivity contribution is 0.227. The normalized spacial score (nSPS) is 11.3. The first-order chi connectivity index (χ1) is 13.2. The number of nitrogens with zero attached hydrogens (tertiary/aromatic N) is 1. The van der Waals surface area contributed by atoms with E-state index in [2.05, 4.69) is 17.0 Å². The van der Waals surface area contributed by atoms with E-state index in [1.54, 1.807) is 12.3 Å². The third kappa shape index (κ3) is 4.18. The van der Waals surface area contributed by atoms with Gasteiger partial charge in [-0.2, -0.15) is 0 Å². The topological polar surface area (TPSA) is 46.6 Å². The van der Waals surface area contributed by atoms with Gasteiger partial charge in [0.25, 0.3) is 0 Å². The summed E-state index contributed by atoms with van der Waals surface area (Å²) < 4.78 is 10.9. The van der Waals surface area contributed by atoms with Crippen molar-refractivity contribution in [2.75, 3.05) is 0 Å². The van der Waals surface area contributed by atoms with E-state index in [-0.39, 0.29) is 5.63 Å². The van der Waals surface area contributed by atoms with Gasteiger partial charge in [-0.1, -0.05) is 42.5 Å². The summed E-state index contributed by atoms with van der Waals surface area (Å²) in [5, 5.41) is 0.970. The molecule has 27 heavy (non-hydrogen) atoms. The molecule has 0 aliphatic rings. The van der Waals surface area contributed by atoms with Gasteiger partial charge in [-0.15, -0.1) is 0 Å². The van der Waals surface area contributed by atoms with E-state index in [4.69, 9.17) is 8.83 Å². The summed E-state index contributed by atoms with van der Waals surface area (Å²) in [6.07, 6.45) is 1.69. The predicted octanol–water partition coefficient (Wildman–Crippen LogP) is 4.90. The lowest BCUT2D eigenvalue weighted by Crippen LogP contribution is -2.23. The highest BCUT2D eigenvalue weighted by Gasteiger charge is 2.13. The number of rotatable bonds is 6. The highest BCUT2D eigenvalue weighted by atomic mass is 16.4. The summed E-state index contributed by atoms with van der Waals surface area (Å²) in [7, 11) is 0. The summed E-state index contributed by atoms with van der Waals surface area (Å²) in [4.78, 5) is 14.3. The van der Waals surface area contributed by atoms with Gasteiger partial charge in [0.05, 0.1) is 12.8 Å². The van der Waals surface area contributed by atoms with Gasteiger partial charge in [0.15, 0.2) is 0 Å². The fraction of sp³-hybridized carbons (Fsp3) is 0.174. The van der Waals surface area contributed by atoms with E-state index in [0.29, 0.717) is 18.7 Å². The third-order valence-electron chi connectivity index (χ3n) is 4.59. The summed E-state index contributed by atoms with van der Waals surface area (Å²) in [6.45, 7) is 4.04. The number of aryl methyl sites for hydroxylation is 1. The zero-order valence-electron chi connectivity index (χ0n) is 15.2. The van der Waals surface area contributed by atoms with Crippen molar-refractivity contribution >= 4 is 11.0 Å². The quantitative estimate of drug-likeness (QED) is 0.460. The number of hydrogen-bond acceptors (Lipinski definition) is 4. The Kier molecular flexibility index (Phi) is 4.90. The van der Waals surface area contributed by atoms with Crippen LogP contribution in [0.2, 0.25) is 0 Å². The molecule has 4 nitrogen and oxygen atoms in total. The van der Waals surface area contributed by atoms with Crippen LogP contribution in [0.15, 0.2) is 86.6 Å². The van der Waals surface area contributed by atoms with Gasteiger partial charge in [-0.3, -0.25) is 4.90 Å². The molecule has 2 heterocycles. The van der Waals surface area contributed by atoms with E-state index in [0.717, 1.165) is 28.8 Å². The van der Waals surface area contributed by atoms with Crippen LogP contribution in [0, 0.1) is 6.92 Å². The second kappa shape index (κ2) is 7.64. The highest BCUT2D eigenvalue weighted by molar-refractivity contribution is 5.80. The molecule has 0 atom stereocenters. The van der Waals surface area contributed by atoms with E-state index in [1.165, 1.54) is 5.56 Å². The Bertz CT molecular complexity index is 1080. The van der Waals surface area contributed by atoms with Crippen molar-refractivity contribution in [1.82, 2.24) is 4.90 Å². The van der Waals surface area contributed by atoms with Gasteiger partial charge in [0, 0.05) is 24.5 Å². The first-order valence-corrected chi connectivity index (χ1v) is 8.99. The molecule has 0 amide bonds. The third-order valence-corrected chi connectivity index (χ3v) is 4.59. The van der Waals surface area contributed by atoms with Gasteiger partial charge >= 0.3 is 5.63 Å². The minimum Gasteiger partial charge on any atom is -0.468 e. The van der Waals surface area contributed by atoms with Gasteiger partial charge in [-0.25, -0.2) is 4.79 Å². The molecule has 136 valence electrons. The van der Waals surface area contributed by atoms with Crippen molar-refractivity contribution in [2.24, 2.45) is 0 Å². The summed E-state index contributed by atoms with van der Waals surface area (Å²) in [5.41, 5.74) is 3.56. The highest BCUT2D eigenvalue weighted by Crippen LogP contribution is 2.22. The first kappa shape index (κ1) is 17.3. The first-order valence-electron chi connectivity index (χ1n) is 8.99. The van der Waals surface area contributed by atoms with Crippen molar-refractivity contribution in [1.29, 1.82) is 0 Å². The standard InChI is InChI=1S/C23H21NO3/c1-17-9-10-21-19(13-23(25)27-22(21)12-17)15-24(16-20-8-5-11-26-20)14-18-6-3-2-4-7-18/h2-13H,14-16H2,1H3. The molecular weight excluding hydrogens is 338 g/mol. The molecule has 0 aliphatic carbocycles. The maximum absolute atomic E-state index is 12.1.